The van der Waals surface area contributed by atoms with Crippen LogP contribution < -0.4 is 5.32 Å². The number of rotatable bonds is 4. The number of likely N-dealkylation sites (tertiary alicyclic amines) is 1. The van der Waals surface area contributed by atoms with Gasteiger partial charge >= 0.3 is 0 Å². The Morgan fingerprint density at radius 1 is 1.23 bits per heavy atom. The molecule has 2 amide bonds. The molecule has 0 radical (unpaired) electrons. The van der Waals surface area contributed by atoms with Crippen molar-refractivity contribution in [2.45, 2.75) is 44.6 Å². The third kappa shape index (κ3) is 4.05. The third-order valence-electron chi connectivity index (χ3n) is 6.38. The van der Waals surface area contributed by atoms with E-state index in [9.17, 15) is 9.59 Å². The second-order valence-corrected chi connectivity index (χ2v) is 8.41. The number of nitrogens with zero attached hydrogens (tertiary/aromatic N) is 5. The Morgan fingerprint density at radius 2 is 2.10 bits per heavy atom. The van der Waals surface area contributed by atoms with Crippen molar-refractivity contribution in [2.24, 2.45) is 5.92 Å². The minimum Gasteiger partial charge on any atom is -0.381 e. The highest BCUT2D eigenvalue weighted by atomic mass is 16.5. The van der Waals surface area contributed by atoms with Crippen molar-refractivity contribution in [1.82, 2.24) is 30.2 Å². The highest BCUT2D eigenvalue weighted by Gasteiger charge is 2.45. The minimum atomic E-state index is -0.465. The van der Waals surface area contributed by atoms with E-state index >= 15 is 0 Å². The largest absolute Gasteiger partial charge is 0.381 e. The molecule has 10 nitrogen and oxygen atoms in total. The maximum absolute atomic E-state index is 12.7. The highest BCUT2D eigenvalue weighted by Crippen LogP contribution is 2.33. The molecule has 3 aliphatic heterocycles. The van der Waals surface area contributed by atoms with Crippen molar-refractivity contribution < 1.29 is 19.1 Å². The van der Waals surface area contributed by atoms with Crippen LogP contribution in [0.3, 0.4) is 0 Å². The van der Waals surface area contributed by atoms with Gasteiger partial charge in [0.1, 0.15) is 17.0 Å². The van der Waals surface area contributed by atoms with Crippen molar-refractivity contribution in [3.05, 3.63) is 41.5 Å². The van der Waals surface area contributed by atoms with Gasteiger partial charge in [-0.15, -0.1) is 5.10 Å². The molecule has 2 saturated heterocycles. The Labute approximate surface area is 179 Å². The number of carbonyl (C=O) groups is 2. The molecule has 1 N–H and O–H groups in total. The molecule has 164 valence electrons. The number of amides is 2. The summed E-state index contributed by atoms with van der Waals surface area (Å²) in [6.07, 6.45) is 3.87. The van der Waals surface area contributed by atoms with Gasteiger partial charge in [0.2, 0.25) is 5.91 Å². The van der Waals surface area contributed by atoms with Crippen molar-refractivity contribution in [1.29, 1.82) is 0 Å². The molecule has 0 saturated carbocycles. The lowest BCUT2D eigenvalue weighted by Crippen LogP contribution is -2.45. The molecule has 0 aromatic carbocycles. The zero-order valence-corrected chi connectivity index (χ0v) is 17.3. The molecule has 0 bridgehead atoms. The van der Waals surface area contributed by atoms with Crippen LogP contribution >= 0.6 is 0 Å². The standard InChI is InChI=1S/C21H26N6O4/c28-19(15-4-9-30-10-5-15)23-11-17-18-12-31-21(14-27(18)25-24-17)6-8-26(13-21)20(29)16-3-1-2-7-22-16/h1-3,7,15H,4-6,8-14H2,(H,23,28). The van der Waals surface area contributed by atoms with Crippen LogP contribution in [-0.2, 0) is 34.0 Å². The average Bonchev–Trinajstić information content (AvgIpc) is 3.42. The van der Waals surface area contributed by atoms with E-state index in [2.05, 4.69) is 20.6 Å². The van der Waals surface area contributed by atoms with Crippen LogP contribution in [0.1, 0.15) is 41.1 Å². The van der Waals surface area contributed by atoms with Gasteiger partial charge in [0.25, 0.3) is 5.91 Å². The van der Waals surface area contributed by atoms with Gasteiger partial charge in [-0.25, -0.2) is 4.68 Å². The fourth-order valence-corrected chi connectivity index (χ4v) is 4.52. The summed E-state index contributed by atoms with van der Waals surface area (Å²) >= 11 is 0. The molecule has 5 rings (SSSR count). The fraction of sp³-hybridized carbons (Fsp3) is 0.571. The number of aromatic nitrogens is 4. The lowest BCUT2D eigenvalue weighted by Gasteiger charge is -2.33. The Bertz CT molecular complexity index is 958. The molecule has 10 heteroatoms. The van der Waals surface area contributed by atoms with E-state index < -0.39 is 5.60 Å². The average molecular weight is 426 g/mol. The minimum absolute atomic E-state index is 0.000725. The molecule has 2 fully saturated rings. The van der Waals surface area contributed by atoms with Gasteiger partial charge in [0.15, 0.2) is 0 Å². The van der Waals surface area contributed by atoms with Crippen molar-refractivity contribution in [3.8, 4) is 0 Å². The van der Waals surface area contributed by atoms with E-state index in [1.54, 1.807) is 23.2 Å². The van der Waals surface area contributed by atoms with Gasteiger partial charge in [0, 0.05) is 31.9 Å². The van der Waals surface area contributed by atoms with Gasteiger partial charge < -0.3 is 19.7 Å². The number of hydrogen-bond acceptors (Lipinski definition) is 7. The van der Waals surface area contributed by atoms with Crippen LogP contribution in [0.15, 0.2) is 24.4 Å². The van der Waals surface area contributed by atoms with Gasteiger partial charge in [-0.1, -0.05) is 11.3 Å². The molecule has 3 aliphatic rings. The molecule has 1 unspecified atom stereocenters. The second-order valence-electron chi connectivity index (χ2n) is 8.41. The van der Waals surface area contributed by atoms with E-state index in [1.807, 2.05) is 10.7 Å². The van der Waals surface area contributed by atoms with Crippen molar-refractivity contribution in [3.63, 3.8) is 0 Å². The molecule has 2 aromatic rings. The van der Waals surface area contributed by atoms with Crippen LogP contribution in [0.5, 0.6) is 0 Å². The van der Waals surface area contributed by atoms with Crippen LogP contribution in [0.4, 0.5) is 0 Å². The van der Waals surface area contributed by atoms with Gasteiger partial charge in [0.05, 0.1) is 31.9 Å². The summed E-state index contributed by atoms with van der Waals surface area (Å²) in [6, 6.07) is 5.33. The first kappa shape index (κ1) is 20.1. The quantitative estimate of drug-likeness (QED) is 0.759. The smallest absolute Gasteiger partial charge is 0.272 e. The SMILES string of the molecule is O=C(NCc1nnn2c1COC1(CCN(C(=O)c3ccccn3)C1)C2)C1CCOCC1. The number of pyridine rings is 1. The van der Waals surface area contributed by atoms with E-state index in [0.717, 1.165) is 30.7 Å². The fourth-order valence-electron chi connectivity index (χ4n) is 4.52. The number of hydrogen-bond donors (Lipinski definition) is 1. The Kier molecular flexibility index (Phi) is 5.41. The summed E-state index contributed by atoms with van der Waals surface area (Å²) in [5.41, 5.74) is 1.59. The van der Waals surface area contributed by atoms with Crippen molar-refractivity contribution in [2.75, 3.05) is 26.3 Å². The van der Waals surface area contributed by atoms with Crippen molar-refractivity contribution >= 4 is 11.8 Å². The summed E-state index contributed by atoms with van der Waals surface area (Å²) in [5, 5.41) is 11.5. The molecule has 2 aromatic heterocycles. The van der Waals surface area contributed by atoms with E-state index in [-0.39, 0.29) is 17.7 Å². The van der Waals surface area contributed by atoms with Crippen LogP contribution in [-0.4, -0.2) is 68.6 Å². The molecule has 0 aliphatic carbocycles. The number of fused-ring (bicyclic) bond motifs is 1. The van der Waals surface area contributed by atoms with Crippen LogP contribution in [0, 0.1) is 5.92 Å². The summed E-state index contributed by atoms with van der Waals surface area (Å²) in [5.74, 6) is -0.0412. The summed E-state index contributed by atoms with van der Waals surface area (Å²) in [4.78, 5) is 31.1. The number of carbonyl (C=O) groups excluding carboxylic acids is 2. The molecule has 1 atom stereocenters. The summed E-state index contributed by atoms with van der Waals surface area (Å²) in [7, 11) is 0. The Balaban J connectivity index is 1.20. The highest BCUT2D eigenvalue weighted by molar-refractivity contribution is 5.92. The zero-order chi connectivity index (χ0) is 21.3. The molecule has 31 heavy (non-hydrogen) atoms. The molecule has 1 spiro atoms. The first-order chi connectivity index (χ1) is 15.1. The van der Waals surface area contributed by atoms with E-state index in [1.165, 1.54) is 0 Å². The maximum atomic E-state index is 12.7. The number of nitrogens with one attached hydrogen (secondary N) is 1. The third-order valence-corrected chi connectivity index (χ3v) is 6.38. The number of ether oxygens (including phenoxy) is 2. The molecule has 5 heterocycles. The monoisotopic (exact) mass is 426 g/mol. The predicted octanol–water partition coefficient (Wildman–Crippen LogP) is 0.531. The molecular weight excluding hydrogens is 400 g/mol. The zero-order valence-electron chi connectivity index (χ0n) is 17.3. The Hall–Kier alpha value is -2.85. The molecular formula is C21H26N6O4. The van der Waals surface area contributed by atoms with Gasteiger partial charge in [-0.3, -0.25) is 14.6 Å². The van der Waals surface area contributed by atoms with E-state index in [0.29, 0.717) is 51.7 Å². The first-order valence-electron chi connectivity index (χ1n) is 10.7. The lowest BCUT2D eigenvalue weighted by atomic mass is 9.99. The summed E-state index contributed by atoms with van der Waals surface area (Å²) in [6.45, 7) is 3.62. The van der Waals surface area contributed by atoms with Crippen LogP contribution in [0.2, 0.25) is 0 Å². The predicted molar refractivity (Wildman–Crippen MR) is 108 cm³/mol. The van der Waals surface area contributed by atoms with Gasteiger partial charge in [-0.2, -0.15) is 0 Å². The van der Waals surface area contributed by atoms with E-state index in [4.69, 9.17) is 9.47 Å². The van der Waals surface area contributed by atoms with Crippen LogP contribution in [0.25, 0.3) is 0 Å². The normalized spacial score (nSPS) is 23.7. The maximum Gasteiger partial charge on any atom is 0.272 e. The lowest BCUT2D eigenvalue weighted by molar-refractivity contribution is -0.128. The topological polar surface area (TPSA) is 111 Å². The first-order valence-corrected chi connectivity index (χ1v) is 10.7. The Morgan fingerprint density at radius 3 is 2.90 bits per heavy atom. The van der Waals surface area contributed by atoms with Gasteiger partial charge in [-0.05, 0) is 31.4 Å². The second kappa shape index (κ2) is 8.35. The summed E-state index contributed by atoms with van der Waals surface area (Å²) < 4.78 is 13.4.